The number of hydrogen-bond donors (Lipinski definition) is 1. The van der Waals surface area contributed by atoms with Crippen LogP contribution in [0.1, 0.15) is 24.2 Å². The first kappa shape index (κ1) is 15.2. The van der Waals surface area contributed by atoms with Crippen LogP contribution in [0.3, 0.4) is 0 Å². The van der Waals surface area contributed by atoms with Crippen molar-refractivity contribution in [2.45, 2.75) is 25.5 Å². The van der Waals surface area contributed by atoms with Crippen LogP contribution >= 0.6 is 11.8 Å². The van der Waals surface area contributed by atoms with E-state index in [1.807, 2.05) is 13.0 Å². The van der Waals surface area contributed by atoms with Crippen LogP contribution in [0.15, 0.2) is 18.2 Å². The SMILES string of the molecule is Cc1ccc([C@H](C)O)c(OCCSC(F)(F)F)c1. The van der Waals surface area contributed by atoms with Crippen LogP contribution < -0.4 is 4.74 Å². The number of aliphatic hydroxyl groups excluding tert-OH is 1. The number of thioether (sulfide) groups is 1. The molecule has 102 valence electrons. The molecule has 1 aromatic carbocycles. The Hall–Kier alpha value is -0.880. The molecular weight excluding hydrogens is 265 g/mol. The van der Waals surface area contributed by atoms with Crippen molar-refractivity contribution in [1.29, 1.82) is 0 Å². The van der Waals surface area contributed by atoms with Gasteiger partial charge in [0.2, 0.25) is 0 Å². The van der Waals surface area contributed by atoms with Crippen LogP contribution in [0.4, 0.5) is 13.2 Å². The molecule has 0 saturated heterocycles. The van der Waals surface area contributed by atoms with E-state index in [0.717, 1.165) is 5.56 Å². The van der Waals surface area contributed by atoms with Crippen LogP contribution in [-0.2, 0) is 0 Å². The summed E-state index contributed by atoms with van der Waals surface area (Å²) in [6.07, 6.45) is -0.712. The van der Waals surface area contributed by atoms with E-state index in [0.29, 0.717) is 11.3 Å². The summed E-state index contributed by atoms with van der Waals surface area (Å²) in [6.45, 7) is 3.39. The fraction of sp³-hybridized carbons (Fsp3) is 0.500. The topological polar surface area (TPSA) is 29.5 Å². The molecule has 18 heavy (non-hydrogen) atoms. The van der Waals surface area contributed by atoms with E-state index in [9.17, 15) is 18.3 Å². The minimum absolute atomic E-state index is 0.0483. The Bertz CT molecular complexity index is 391. The van der Waals surface area contributed by atoms with Crippen molar-refractivity contribution in [2.75, 3.05) is 12.4 Å². The lowest BCUT2D eigenvalue weighted by Crippen LogP contribution is -2.09. The Labute approximate surface area is 108 Å². The van der Waals surface area contributed by atoms with Gasteiger partial charge in [-0.3, -0.25) is 0 Å². The molecule has 0 aliphatic carbocycles. The Morgan fingerprint density at radius 3 is 2.61 bits per heavy atom. The Kier molecular flexibility index (Phi) is 5.34. The Balaban J connectivity index is 2.58. The largest absolute Gasteiger partial charge is 0.492 e. The molecule has 0 aromatic heterocycles. The molecule has 0 aliphatic rings. The number of alkyl halides is 3. The highest BCUT2D eigenvalue weighted by Crippen LogP contribution is 2.30. The van der Waals surface area contributed by atoms with Gasteiger partial charge >= 0.3 is 5.51 Å². The van der Waals surface area contributed by atoms with E-state index < -0.39 is 11.6 Å². The fourth-order valence-corrected chi connectivity index (χ4v) is 1.82. The van der Waals surface area contributed by atoms with Gasteiger partial charge in [0, 0.05) is 11.3 Å². The van der Waals surface area contributed by atoms with Crippen molar-refractivity contribution in [3.8, 4) is 5.75 Å². The maximum atomic E-state index is 11.9. The normalized spacial score (nSPS) is 13.4. The van der Waals surface area contributed by atoms with Crippen LogP contribution in [0.5, 0.6) is 5.75 Å². The molecule has 0 aliphatic heterocycles. The molecule has 0 unspecified atom stereocenters. The van der Waals surface area contributed by atoms with Crippen molar-refractivity contribution in [3.63, 3.8) is 0 Å². The third-order valence-corrected chi connectivity index (χ3v) is 2.92. The van der Waals surface area contributed by atoms with E-state index in [1.165, 1.54) is 0 Å². The number of rotatable bonds is 5. The summed E-state index contributed by atoms with van der Waals surface area (Å²) in [5, 5.41) is 9.52. The lowest BCUT2D eigenvalue weighted by molar-refractivity contribution is -0.0329. The average Bonchev–Trinajstić information content (AvgIpc) is 2.22. The summed E-state index contributed by atoms with van der Waals surface area (Å²) in [4.78, 5) is 0. The van der Waals surface area contributed by atoms with Crippen molar-refractivity contribution in [3.05, 3.63) is 29.3 Å². The van der Waals surface area contributed by atoms with Crippen molar-refractivity contribution >= 4 is 11.8 Å². The van der Waals surface area contributed by atoms with Gasteiger partial charge in [0.15, 0.2) is 0 Å². The number of aliphatic hydroxyl groups is 1. The Morgan fingerprint density at radius 1 is 1.39 bits per heavy atom. The molecule has 1 rings (SSSR count). The standard InChI is InChI=1S/C12H15F3O2S/c1-8-3-4-10(9(2)16)11(7-8)17-5-6-18-12(13,14)15/h3-4,7,9,16H,5-6H2,1-2H3/t9-/m0/s1. The van der Waals surface area contributed by atoms with Crippen molar-refractivity contribution in [2.24, 2.45) is 0 Å². The number of benzene rings is 1. The molecule has 0 fully saturated rings. The first-order valence-corrected chi connectivity index (χ1v) is 6.40. The van der Waals surface area contributed by atoms with Crippen molar-refractivity contribution < 1.29 is 23.0 Å². The second kappa shape index (κ2) is 6.33. The number of ether oxygens (including phenoxy) is 1. The predicted octanol–water partition coefficient (Wildman–Crippen LogP) is 3.68. The van der Waals surface area contributed by atoms with Gasteiger partial charge in [-0.15, -0.1) is 0 Å². The highest BCUT2D eigenvalue weighted by Gasteiger charge is 2.27. The van der Waals surface area contributed by atoms with Crippen LogP contribution in [0.25, 0.3) is 0 Å². The molecule has 0 radical (unpaired) electrons. The summed E-state index contributed by atoms with van der Waals surface area (Å²) in [5.41, 5.74) is -2.72. The summed E-state index contributed by atoms with van der Waals surface area (Å²) in [5.74, 6) is 0.268. The van der Waals surface area contributed by atoms with Crippen molar-refractivity contribution in [1.82, 2.24) is 0 Å². The number of hydrogen-bond acceptors (Lipinski definition) is 3. The lowest BCUT2D eigenvalue weighted by Gasteiger charge is -2.14. The zero-order chi connectivity index (χ0) is 13.8. The van der Waals surface area contributed by atoms with Gasteiger partial charge in [-0.1, -0.05) is 12.1 Å². The predicted molar refractivity (Wildman–Crippen MR) is 65.8 cm³/mol. The Morgan fingerprint density at radius 2 is 2.06 bits per heavy atom. The zero-order valence-corrected chi connectivity index (χ0v) is 10.9. The fourth-order valence-electron chi connectivity index (χ4n) is 1.42. The molecular formula is C12H15F3O2S. The molecule has 0 saturated carbocycles. The average molecular weight is 280 g/mol. The third kappa shape index (κ3) is 5.18. The molecule has 0 spiro atoms. The van der Waals surface area contributed by atoms with Gasteiger partial charge in [-0.25, -0.2) is 0 Å². The first-order valence-electron chi connectivity index (χ1n) is 5.41. The maximum Gasteiger partial charge on any atom is 0.441 e. The van der Waals surface area contributed by atoms with Gasteiger partial charge in [0.25, 0.3) is 0 Å². The quantitative estimate of drug-likeness (QED) is 0.834. The van der Waals surface area contributed by atoms with Gasteiger partial charge in [-0.2, -0.15) is 13.2 Å². The van der Waals surface area contributed by atoms with Gasteiger partial charge < -0.3 is 9.84 Å². The second-order valence-corrected chi connectivity index (χ2v) is 5.02. The first-order chi connectivity index (χ1) is 8.29. The van der Waals surface area contributed by atoms with Gasteiger partial charge in [-0.05, 0) is 37.2 Å². The van der Waals surface area contributed by atoms with E-state index in [1.54, 1.807) is 19.1 Å². The molecule has 1 aromatic rings. The summed E-state index contributed by atoms with van der Waals surface area (Å²) in [6, 6.07) is 5.24. The molecule has 1 N–H and O–H groups in total. The van der Waals surface area contributed by atoms with E-state index >= 15 is 0 Å². The summed E-state index contributed by atoms with van der Waals surface area (Å²) < 4.78 is 41.1. The highest BCUT2D eigenvalue weighted by molar-refractivity contribution is 8.00. The summed E-state index contributed by atoms with van der Waals surface area (Å²) >= 11 is -0.116. The molecule has 0 amide bonds. The molecule has 0 bridgehead atoms. The van der Waals surface area contributed by atoms with E-state index in [2.05, 4.69) is 0 Å². The molecule has 1 atom stereocenters. The molecule has 2 nitrogen and oxygen atoms in total. The third-order valence-electron chi connectivity index (χ3n) is 2.23. The maximum absolute atomic E-state index is 11.9. The highest BCUT2D eigenvalue weighted by atomic mass is 32.2. The molecule has 6 heteroatoms. The smallest absolute Gasteiger partial charge is 0.441 e. The zero-order valence-electron chi connectivity index (χ0n) is 10.1. The number of halogens is 3. The number of aryl methyl sites for hydroxylation is 1. The van der Waals surface area contributed by atoms with Crippen LogP contribution in [-0.4, -0.2) is 23.0 Å². The molecule has 0 heterocycles. The van der Waals surface area contributed by atoms with Crippen LogP contribution in [0.2, 0.25) is 0 Å². The van der Waals surface area contributed by atoms with Gasteiger partial charge in [0.1, 0.15) is 5.75 Å². The minimum atomic E-state index is -4.23. The van der Waals surface area contributed by atoms with E-state index in [-0.39, 0.29) is 24.1 Å². The lowest BCUT2D eigenvalue weighted by atomic mass is 10.1. The minimum Gasteiger partial charge on any atom is -0.492 e. The monoisotopic (exact) mass is 280 g/mol. The summed E-state index contributed by atoms with van der Waals surface area (Å²) in [7, 11) is 0. The van der Waals surface area contributed by atoms with E-state index in [4.69, 9.17) is 4.74 Å². The van der Waals surface area contributed by atoms with Gasteiger partial charge in [0.05, 0.1) is 12.7 Å². The second-order valence-electron chi connectivity index (χ2n) is 3.86. The van der Waals surface area contributed by atoms with Crippen LogP contribution in [0, 0.1) is 6.92 Å².